The minimum Gasteiger partial charge on any atom is -0.462 e. The van der Waals surface area contributed by atoms with Gasteiger partial charge in [-0.05, 0) is 77.0 Å². The topological polar surface area (TPSA) is 78.9 Å². The van der Waals surface area contributed by atoms with Gasteiger partial charge in [-0.1, -0.05) is 252 Å². The maximum atomic E-state index is 12.8. The van der Waals surface area contributed by atoms with Crippen molar-refractivity contribution >= 4 is 17.9 Å². The molecule has 6 nitrogen and oxygen atoms in total. The Morgan fingerprint density at radius 1 is 0.328 bits per heavy atom. The van der Waals surface area contributed by atoms with E-state index in [0.29, 0.717) is 19.3 Å². The summed E-state index contributed by atoms with van der Waals surface area (Å²) in [6, 6.07) is 0. The second-order valence-corrected chi connectivity index (χ2v) is 17.8. The van der Waals surface area contributed by atoms with Crippen LogP contribution >= 0.6 is 0 Å². The zero-order valence-corrected chi connectivity index (χ0v) is 43.4. The fourth-order valence-electron chi connectivity index (χ4n) is 7.31. The standard InChI is InChI=1S/C61H100O6/c1-4-7-10-13-16-19-22-25-27-29-30-32-33-36-39-42-45-48-51-54-60(63)66-57-58(56-65-59(62)53-50-47-44-41-38-35-24-21-18-15-12-9-6-3)67-61(64)55-52-49-46-43-40-37-34-31-28-26-23-20-17-14-11-8-5-2/h8-9,11-12,15,17-18,20-21,24,26,28,34-35,37-38,43,46,58H,4-7,10,13-14,16,19,22-23,25,27,29-33,36,39-42,44-45,47-57H2,1-3H3/b11-8+,12-9+,18-15+,20-17+,24-21+,28-26+,37-34+,38-35+,46-43+. The Balaban J connectivity index is 4.48. The van der Waals surface area contributed by atoms with E-state index < -0.39 is 6.10 Å². The molecule has 0 amide bonds. The molecule has 380 valence electrons. The van der Waals surface area contributed by atoms with Crippen molar-refractivity contribution < 1.29 is 28.6 Å². The first kappa shape index (κ1) is 63.1. The lowest BCUT2D eigenvalue weighted by Gasteiger charge is -2.18. The van der Waals surface area contributed by atoms with E-state index in [1.54, 1.807) is 0 Å². The molecule has 0 aromatic carbocycles. The lowest BCUT2D eigenvalue weighted by molar-refractivity contribution is -0.167. The summed E-state index contributed by atoms with van der Waals surface area (Å²) in [4.78, 5) is 38.0. The molecule has 0 N–H and O–H groups in total. The van der Waals surface area contributed by atoms with Crippen molar-refractivity contribution in [3.05, 3.63) is 109 Å². The molecule has 0 bridgehead atoms. The van der Waals surface area contributed by atoms with Crippen molar-refractivity contribution in [1.82, 2.24) is 0 Å². The Kier molecular flexibility index (Phi) is 51.5. The summed E-state index contributed by atoms with van der Waals surface area (Å²) in [6.45, 7) is 6.31. The number of unbranched alkanes of at least 4 members (excludes halogenated alkanes) is 22. The van der Waals surface area contributed by atoms with E-state index in [2.05, 4.69) is 93.7 Å². The molecule has 0 aromatic rings. The Morgan fingerprint density at radius 3 is 1.12 bits per heavy atom. The van der Waals surface area contributed by atoms with Gasteiger partial charge in [0.15, 0.2) is 6.10 Å². The van der Waals surface area contributed by atoms with Crippen LogP contribution < -0.4 is 0 Å². The van der Waals surface area contributed by atoms with Crippen LogP contribution in [0.2, 0.25) is 0 Å². The largest absolute Gasteiger partial charge is 0.462 e. The molecular weight excluding hydrogens is 829 g/mol. The third-order valence-electron chi connectivity index (χ3n) is 11.4. The number of esters is 3. The van der Waals surface area contributed by atoms with Gasteiger partial charge in [0.05, 0.1) is 0 Å². The monoisotopic (exact) mass is 929 g/mol. The summed E-state index contributed by atoms with van der Waals surface area (Å²) in [5.74, 6) is -1.01. The minimum absolute atomic E-state index is 0.113. The molecule has 0 saturated carbocycles. The summed E-state index contributed by atoms with van der Waals surface area (Å²) < 4.78 is 16.7. The molecule has 0 spiro atoms. The highest BCUT2D eigenvalue weighted by atomic mass is 16.6. The Labute approximate surface area is 412 Å². The van der Waals surface area contributed by atoms with E-state index in [1.807, 2.05) is 36.5 Å². The number of hydrogen-bond donors (Lipinski definition) is 0. The normalized spacial score (nSPS) is 12.9. The maximum absolute atomic E-state index is 12.8. The lowest BCUT2D eigenvalue weighted by Crippen LogP contribution is -2.30. The van der Waals surface area contributed by atoms with E-state index in [4.69, 9.17) is 14.2 Å². The van der Waals surface area contributed by atoms with Crippen LogP contribution in [0.4, 0.5) is 0 Å². The van der Waals surface area contributed by atoms with Crippen LogP contribution in [0, 0.1) is 0 Å². The number of hydrogen-bond acceptors (Lipinski definition) is 6. The predicted molar refractivity (Wildman–Crippen MR) is 288 cm³/mol. The maximum Gasteiger partial charge on any atom is 0.306 e. The molecule has 0 aromatic heterocycles. The fraction of sp³-hybridized carbons (Fsp3) is 0.656. The summed E-state index contributed by atoms with van der Waals surface area (Å²) in [7, 11) is 0. The van der Waals surface area contributed by atoms with Gasteiger partial charge in [-0.2, -0.15) is 0 Å². The first-order valence-corrected chi connectivity index (χ1v) is 27.4. The van der Waals surface area contributed by atoms with E-state index in [-0.39, 0.29) is 37.5 Å². The van der Waals surface area contributed by atoms with Crippen LogP contribution in [0.3, 0.4) is 0 Å². The average molecular weight is 929 g/mol. The van der Waals surface area contributed by atoms with Crippen LogP contribution in [0.5, 0.6) is 0 Å². The molecule has 1 atom stereocenters. The highest BCUT2D eigenvalue weighted by Gasteiger charge is 2.19. The van der Waals surface area contributed by atoms with Crippen LogP contribution in [0.1, 0.15) is 239 Å². The van der Waals surface area contributed by atoms with Crippen molar-refractivity contribution in [2.75, 3.05) is 13.2 Å². The molecule has 67 heavy (non-hydrogen) atoms. The van der Waals surface area contributed by atoms with Crippen molar-refractivity contribution in [3.63, 3.8) is 0 Å². The van der Waals surface area contributed by atoms with Crippen LogP contribution in [-0.2, 0) is 28.6 Å². The first-order valence-electron chi connectivity index (χ1n) is 27.4. The molecule has 0 saturated heterocycles. The summed E-state index contributed by atoms with van der Waals surface area (Å²) in [5.41, 5.74) is 0. The number of ether oxygens (including phenoxy) is 3. The van der Waals surface area contributed by atoms with Crippen molar-refractivity contribution in [3.8, 4) is 0 Å². The van der Waals surface area contributed by atoms with E-state index in [1.165, 1.54) is 103 Å². The minimum atomic E-state index is -0.824. The Hall–Kier alpha value is -3.93. The van der Waals surface area contributed by atoms with Gasteiger partial charge in [0, 0.05) is 19.3 Å². The van der Waals surface area contributed by atoms with Crippen molar-refractivity contribution in [2.45, 2.75) is 245 Å². The van der Waals surface area contributed by atoms with Crippen LogP contribution in [-0.4, -0.2) is 37.2 Å². The van der Waals surface area contributed by atoms with Crippen molar-refractivity contribution in [1.29, 1.82) is 0 Å². The van der Waals surface area contributed by atoms with E-state index >= 15 is 0 Å². The molecule has 0 fully saturated rings. The molecule has 0 rings (SSSR count). The second kappa shape index (κ2) is 54.7. The van der Waals surface area contributed by atoms with Gasteiger partial charge < -0.3 is 14.2 Å². The Morgan fingerprint density at radius 2 is 0.672 bits per heavy atom. The third-order valence-corrected chi connectivity index (χ3v) is 11.4. The number of carbonyl (C=O) groups excluding carboxylic acids is 3. The smallest absolute Gasteiger partial charge is 0.306 e. The quantitative estimate of drug-likeness (QED) is 0.0199. The van der Waals surface area contributed by atoms with Gasteiger partial charge in [0.25, 0.3) is 0 Å². The highest BCUT2D eigenvalue weighted by molar-refractivity contribution is 5.71. The van der Waals surface area contributed by atoms with Gasteiger partial charge >= 0.3 is 17.9 Å². The SMILES string of the molecule is CC/C=C/C=C/C=C/C=C/CCCCCC(=O)OCC(COC(=O)CCCCCCCCCCCCCCCCCCCCC)OC(=O)CCC/C=C/C/C=C/C/C=C/C/C=C/C/C=C/CC. The van der Waals surface area contributed by atoms with E-state index in [0.717, 1.165) is 89.9 Å². The molecule has 0 heterocycles. The van der Waals surface area contributed by atoms with Gasteiger partial charge in [0.2, 0.25) is 0 Å². The fourth-order valence-corrected chi connectivity index (χ4v) is 7.31. The molecule has 6 heteroatoms. The zero-order valence-electron chi connectivity index (χ0n) is 43.4. The summed E-state index contributed by atoms with van der Waals surface area (Å²) in [5, 5.41) is 0. The van der Waals surface area contributed by atoms with Crippen LogP contribution in [0.15, 0.2) is 109 Å². The zero-order chi connectivity index (χ0) is 48.6. The third kappa shape index (κ3) is 52.9. The molecule has 0 radical (unpaired) electrons. The summed E-state index contributed by atoms with van der Waals surface area (Å²) in [6.07, 6.45) is 73.8. The van der Waals surface area contributed by atoms with Gasteiger partial charge in [-0.15, -0.1) is 0 Å². The number of carbonyl (C=O) groups is 3. The Bertz CT molecular complexity index is 1390. The molecule has 0 aliphatic rings. The van der Waals surface area contributed by atoms with Gasteiger partial charge in [0.1, 0.15) is 13.2 Å². The molecular formula is C61H100O6. The number of allylic oxidation sites excluding steroid dienone is 18. The van der Waals surface area contributed by atoms with Crippen molar-refractivity contribution in [2.24, 2.45) is 0 Å². The number of rotatable bonds is 48. The highest BCUT2D eigenvalue weighted by Crippen LogP contribution is 2.16. The lowest BCUT2D eigenvalue weighted by atomic mass is 10.0. The molecule has 1 unspecified atom stereocenters. The van der Waals surface area contributed by atoms with E-state index in [9.17, 15) is 14.4 Å². The van der Waals surface area contributed by atoms with Gasteiger partial charge in [-0.3, -0.25) is 14.4 Å². The summed E-state index contributed by atoms with van der Waals surface area (Å²) >= 11 is 0. The van der Waals surface area contributed by atoms with Gasteiger partial charge in [-0.25, -0.2) is 0 Å². The first-order chi connectivity index (χ1) is 33.0. The molecule has 0 aliphatic carbocycles. The molecule has 0 aliphatic heterocycles. The second-order valence-electron chi connectivity index (χ2n) is 17.8. The average Bonchev–Trinajstić information content (AvgIpc) is 3.33. The van der Waals surface area contributed by atoms with Crippen LogP contribution in [0.25, 0.3) is 0 Å². The predicted octanol–water partition coefficient (Wildman–Crippen LogP) is 18.3.